The van der Waals surface area contributed by atoms with Crippen molar-refractivity contribution in [3.8, 4) is 0 Å². The van der Waals surface area contributed by atoms with Crippen LogP contribution in [0.3, 0.4) is 0 Å². The number of nitrogens with zero attached hydrogens (tertiary/aromatic N) is 2. The first-order valence-corrected chi connectivity index (χ1v) is 7.96. The molecule has 4 aliphatic carbocycles. The number of hydrogen-bond acceptors (Lipinski definition) is 5. The minimum Gasteiger partial charge on any atom is -0.383 e. The van der Waals surface area contributed by atoms with Gasteiger partial charge in [-0.3, -0.25) is 0 Å². The largest absolute Gasteiger partial charge is 0.383 e. The van der Waals surface area contributed by atoms with Gasteiger partial charge in [-0.1, -0.05) is 13.8 Å². The monoisotopic (exact) mass is 287 g/mol. The topological polar surface area (TPSA) is 89.8 Å². The smallest absolute Gasteiger partial charge is 0.223 e. The lowest BCUT2D eigenvalue weighted by Gasteiger charge is -2.65. The third-order valence-corrected chi connectivity index (χ3v) is 5.78. The SMILES string of the molecule is CC12CC3CC(C)(C1)CC(Nc1cc(N)nc(N)n1)(C3)C2. The third kappa shape index (κ3) is 2.14. The van der Waals surface area contributed by atoms with E-state index >= 15 is 0 Å². The number of nitrogens with one attached hydrogen (secondary N) is 1. The van der Waals surface area contributed by atoms with Crippen LogP contribution < -0.4 is 16.8 Å². The van der Waals surface area contributed by atoms with Gasteiger partial charge >= 0.3 is 0 Å². The molecule has 0 radical (unpaired) electrons. The summed E-state index contributed by atoms with van der Waals surface area (Å²) in [5.74, 6) is 2.32. The van der Waals surface area contributed by atoms with Crippen molar-refractivity contribution in [2.45, 2.75) is 57.9 Å². The van der Waals surface area contributed by atoms with Gasteiger partial charge in [0.1, 0.15) is 11.6 Å². The van der Waals surface area contributed by atoms with Gasteiger partial charge in [0.2, 0.25) is 5.95 Å². The molecule has 2 unspecified atom stereocenters. The zero-order chi connectivity index (χ0) is 14.9. The molecule has 5 N–H and O–H groups in total. The average molecular weight is 287 g/mol. The molecule has 5 heteroatoms. The molecular weight excluding hydrogens is 262 g/mol. The fraction of sp³-hybridized carbons (Fsp3) is 0.750. The molecule has 0 aliphatic heterocycles. The molecule has 5 rings (SSSR count). The van der Waals surface area contributed by atoms with Crippen LogP contribution in [0, 0.1) is 16.7 Å². The number of rotatable bonds is 2. The highest BCUT2D eigenvalue weighted by Crippen LogP contribution is 2.66. The predicted octanol–water partition coefficient (Wildman–Crippen LogP) is 2.80. The molecule has 4 aliphatic rings. The van der Waals surface area contributed by atoms with E-state index in [1.807, 2.05) is 0 Å². The molecule has 1 heterocycles. The van der Waals surface area contributed by atoms with Crippen LogP contribution in [0.4, 0.5) is 17.6 Å². The van der Waals surface area contributed by atoms with Crippen molar-refractivity contribution in [1.29, 1.82) is 0 Å². The molecule has 1 aromatic heterocycles. The van der Waals surface area contributed by atoms with Crippen molar-refractivity contribution in [3.05, 3.63) is 6.07 Å². The van der Waals surface area contributed by atoms with Crippen LogP contribution in [0.2, 0.25) is 0 Å². The highest BCUT2D eigenvalue weighted by molar-refractivity contribution is 5.50. The Morgan fingerprint density at radius 2 is 1.71 bits per heavy atom. The molecule has 0 spiro atoms. The molecule has 0 aromatic carbocycles. The molecule has 0 amide bonds. The Labute approximate surface area is 125 Å². The zero-order valence-electron chi connectivity index (χ0n) is 12.9. The summed E-state index contributed by atoms with van der Waals surface area (Å²) < 4.78 is 0. The molecule has 4 bridgehead atoms. The number of nitrogen functional groups attached to an aromatic ring is 2. The van der Waals surface area contributed by atoms with Crippen molar-refractivity contribution in [2.24, 2.45) is 16.7 Å². The minimum absolute atomic E-state index is 0.163. The summed E-state index contributed by atoms with van der Waals surface area (Å²) in [5.41, 5.74) is 12.7. The maximum Gasteiger partial charge on any atom is 0.223 e. The van der Waals surface area contributed by atoms with E-state index < -0.39 is 0 Å². The van der Waals surface area contributed by atoms with Crippen molar-refractivity contribution in [2.75, 3.05) is 16.8 Å². The average Bonchev–Trinajstić information content (AvgIpc) is 2.19. The normalized spacial score (nSPS) is 44.0. The summed E-state index contributed by atoms with van der Waals surface area (Å²) in [7, 11) is 0. The van der Waals surface area contributed by atoms with E-state index in [4.69, 9.17) is 11.5 Å². The number of hydrogen-bond donors (Lipinski definition) is 3. The summed E-state index contributed by atoms with van der Waals surface area (Å²) in [6.07, 6.45) is 7.86. The van der Waals surface area contributed by atoms with E-state index in [2.05, 4.69) is 29.1 Å². The predicted molar refractivity (Wildman–Crippen MR) is 84.6 cm³/mol. The lowest BCUT2D eigenvalue weighted by atomic mass is 9.43. The van der Waals surface area contributed by atoms with E-state index in [1.165, 1.54) is 38.5 Å². The van der Waals surface area contributed by atoms with Crippen molar-refractivity contribution in [1.82, 2.24) is 9.97 Å². The summed E-state index contributed by atoms with van der Waals surface area (Å²) >= 11 is 0. The molecule has 4 saturated carbocycles. The van der Waals surface area contributed by atoms with Crippen molar-refractivity contribution < 1.29 is 0 Å². The van der Waals surface area contributed by atoms with Gasteiger partial charge in [-0.2, -0.15) is 9.97 Å². The quantitative estimate of drug-likeness (QED) is 0.778. The maximum atomic E-state index is 5.81. The number of nitrogens with two attached hydrogens (primary N) is 2. The van der Waals surface area contributed by atoms with E-state index in [9.17, 15) is 0 Å². The van der Waals surface area contributed by atoms with Crippen LogP contribution in [-0.4, -0.2) is 15.5 Å². The molecular formula is C16H25N5. The van der Waals surface area contributed by atoms with Crippen LogP contribution >= 0.6 is 0 Å². The molecule has 1 aromatic rings. The van der Waals surface area contributed by atoms with Gasteiger partial charge in [-0.25, -0.2) is 0 Å². The van der Waals surface area contributed by atoms with E-state index in [-0.39, 0.29) is 11.5 Å². The van der Waals surface area contributed by atoms with Gasteiger partial charge in [0.25, 0.3) is 0 Å². The zero-order valence-corrected chi connectivity index (χ0v) is 12.9. The standard InChI is InChI=1S/C16H25N5/c1-14-4-10-5-15(2,7-14)9-16(6-10,8-14)21-12-3-11(17)19-13(18)20-12/h3,10H,4-9H2,1-2H3,(H5,17,18,19,20,21). The van der Waals surface area contributed by atoms with Crippen LogP contribution in [0.25, 0.3) is 0 Å². The summed E-state index contributed by atoms with van der Waals surface area (Å²) in [6, 6.07) is 1.81. The van der Waals surface area contributed by atoms with Crippen LogP contribution in [0.5, 0.6) is 0 Å². The van der Waals surface area contributed by atoms with E-state index in [1.54, 1.807) is 6.07 Å². The fourth-order valence-corrected chi connectivity index (χ4v) is 6.41. The van der Waals surface area contributed by atoms with Crippen LogP contribution in [0.15, 0.2) is 6.07 Å². The lowest BCUT2D eigenvalue weighted by molar-refractivity contribution is -0.0973. The molecule has 114 valence electrons. The first-order chi connectivity index (χ1) is 9.77. The summed E-state index contributed by atoms with van der Waals surface area (Å²) in [6.45, 7) is 4.93. The van der Waals surface area contributed by atoms with Gasteiger partial charge in [0.05, 0.1) is 0 Å². The second kappa shape index (κ2) is 3.81. The highest BCUT2D eigenvalue weighted by Gasteiger charge is 2.60. The first-order valence-electron chi connectivity index (χ1n) is 7.96. The van der Waals surface area contributed by atoms with Crippen LogP contribution in [0.1, 0.15) is 52.4 Å². The first kappa shape index (κ1) is 13.2. The minimum atomic E-state index is 0.163. The molecule has 4 fully saturated rings. The Hall–Kier alpha value is -1.52. The Kier molecular flexibility index (Phi) is 2.39. The van der Waals surface area contributed by atoms with Gasteiger partial charge in [0.15, 0.2) is 0 Å². The Balaban J connectivity index is 1.68. The maximum absolute atomic E-state index is 5.81. The summed E-state index contributed by atoms with van der Waals surface area (Å²) in [4.78, 5) is 8.29. The van der Waals surface area contributed by atoms with Gasteiger partial charge in [-0.05, 0) is 55.3 Å². The fourth-order valence-electron chi connectivity index (χ4n) is 6.41. The van der Waals surface area contributed by atoms with Gasteiger partial charge < -0.3 is 16.8 Å². The number of aromatic nitrogens is 2. The van der Waals surface area contributed by atoms with Crippen LogP contribution in [-0.2, 0) is 0 Å². The Morgan fingerprint density at radius 1 is 1.05 bits per heavy atom. The van der Waals surface area contributed by atoms with Gasteiger partial charge in [0, 0.05) is 11.6 Å². The second-order valence-corrected chi connectivity index (χ2v) is 8.57. The van der Waals surface area contributed by atoms with E-state index in [0.29, 0.717) is 16.6 Å². The second-order valence-electron chi connectivity index (χ2n) is 8.57. The Morgan fingerprint density at radius 3 is 2.29 bits per heavy atom. The van der Waals surface area contributed by atoms with Gasteiger partial charge in [-0.15, -0.1) is 0 Å². The molecule has 5 nitrogen and oxygen atoms in total. The Bertz CT molecular complexity index is 560. The molecule has 2 atom stereocenters. The highest BCUT2D eigenvalue weighted by atomic mass is 15.1. The third-order valence-electron chi connectivity index (χ3n) is 5.78. The van der Waals surface area contributed by atoms with E-state index in [0.717, 1.165) is 11.7 Å². The lowest BCUT2D eigenvalue weighted by Crippen LogP contribution is -2.61. The number of anilines is 3. The van der Waals surface area contributed by atoms with Crippen molar-refractivity contribution in [3.63, 3.8) is 0 Å². The molecule has 21 heavy (non-hydrogen) atoms. The van der Waals surface area contributed by atoms with Crippen molar-refractivity contribution >= 4 is 17.6 Å². The molecule has 0 saturated heterocycles. The summed E-state index contributed by atoms with van der Waals surface area (Å²) in [5, 5.41) is 3.71.